The van der Waals surface area contributed by atoms with E-state index in [9.17, 15) is 29.9 Å². The number of carbonyl (C=O) groups excluding carboxylic acids is 2. The molecule has 3 N–H and O–H groups in total. The highest BCUT2D eigenvalue weighted by Gasteiger charge is 2.21. The second-order valence-electron chi connectivity index (χ2n) is 7.18. The molecule has 0 saturated heterocycles. The number of hydrogen-bond acceptors (Lipinski definition) is 8. The third-order valence-corrected chi connectivity index (χ3v) is 4.89. The summed E-state index contributed by atoms with van der Waals surface area (Å²) in [6.45, 7) is 1.98. The van der Waals surface area contributed by atoms with E-state index in [4.69, 9.17) is 4.74 Å². The lowest BCUT2D eigenvalue weighted by molar-refractivity contribution is -0.385. The molecule has 0 bridgehead atoms. The molecule has 3 rings (SSSR count). The third kappa shape index (κ3) is 5.85. The Labute approximate surface area is 189 Å². The maximum Gasteiger partial charge on any atom is 0.338 e. The summed E-state index contributed by atoms with van der Waals surface area (Å²) in [4.78, 5) is 35.1. The largest absolute Gasteiger partial charge is 0.508 e. The van der Waals surface area contributed by atoms with E-state index in [1.54, 1.807) is 43.3 Å². The molecule has 1 atom stereocenters. The van der Waals surface area contributed by atoms with Crippen LogP contribution < -0.4 is 5.32 Å². The minimum Gasteiger partial charge on any atom is -0.508 e. The number of nitrogens with one attached hydrogen (secondary N) is 1. The number of rotatable bonds is 9. The van der Waals surface area contributed by atoms with E-state index in [-0.39, 0.29) is 24.3 Å². The average molecular weight is 450 g/mol. The van der Waals surface area contributed by atoms with Crippen LogP contribution in [-0.2, 0) is 4.74 Å². The minimum absolute atomic E-state index is 0.0182. The van der Waals surface area contributed by atoms with Crippen molar-refractivity contribution in [3.63, 3.8) is 0 Å². The number of nitrogens with zero attached hydrogens (tertiary/aromatic N) is 1. The summed E-state index contributed by atoms with van der Waals surface area (Å²) in [5.41, 5.74) is 1.12. The van der Waals surface area contributed by atoms with Crippen molar-refractivity contribution < 1.29 is 29.5 Å². The molecule has 0 saturated carbocycles. The van der Waals surface area contributed by atoms with E-state index >= 15 is 0 Å². The fourth-order valence-corrected chi connectivity index (χ4v) is 3.26. The number of hydrogen-bond donors (Lipinski definition) is 3. The quantitative estimate of drug-likeness (QED) is 0.186. The highest BCUT2D eigenvalue weighted by atomic mass is 16.6. The molecule has 170 valence electrons. The lowest BCUT2D eigenvalue weighted by atomic mass is 9.97. The first-order valence-corrected chi connectivity index (χ1v) is 10.1. The van der Waals surface area contributed by atoms with Crippen LogP contribution >= 0.6 is 0 Å². The van der Waals surface area contributed by atoms with Gasteiger partial charge in [-0.05, 0) is 61.0 Å². The molecule has 9 nitrogen and oxygen atoms in total. The Morgan fingerprint density at radius 2 is 1.73 bits per heavy atom. The van der Waals surface area contributed by atoms with Gasteiger partial charge in [-0.1, -0.05) is 12.1 Å². The van der Waals surface area contributed by atoms with Gasteiger partial charge in [-0.15, -0.1) is 0 Å². The zero-order valence-electron chi connectivity index (χ0n) is 17.7. The average Bonchev–Trinajstić information content (AvgIpc) is 2.79. The number of aromatic hydroxyl groups is 2. The van der Waals surface area contributed by atoms with Gasteiger partial charge in [0.2, 0.25) is 0 Å². The number of esters is 1. The molecule has 0 aliphatic rings. The Balaban J connectivity index is 1.86. The van der Waals surface area contributed by atoms with Crippen LogP contribution in [0, 0.1) is 10.1 Å². The number of Topliss-reactive ketones (excluding diaryl/α,β-unsaturated/α-hetero) is 1. The van der Waals surface area contributed by atoms with Gasteiger partial charge in [-0.25, -0.2) is 4.79 Å². The molecule has 0 aliphatic heterocycles. The Hall–Kier alpha value is -4.40. The number of anilines is 1. The van der Waals surface area contributed by atoms with Crippen molar-refractivity contribution in [2.75, 3.05) is 11.9 Å². The van der Waals surface area contributed by atoms with E-state index in [0.29, 0.717) is 16.8 Å². The number of ether oxygens (including phenoxy) is 1. The van der Waals surface area contributed by atoms with Crippen LogP contribution in [0.25, 0.3) is 0 Å². The van der Waals surface area contributed by atoms with Crippen LogP contribution in [0.15, 0.2) is 66.7 Å². The Kier molecular flexibility index (Phi) is 7.24. The summed E-state index contributed by atoms with van der Waals surface area (Å²) < 4.78 is 4.97. The summed E-state index contributed by atoms with van der Waals surface area (Å²) in [5, 5.41) is 33.8. The van der Waals surface area contributed by atoms with Crippen LogP contribution in [0.3, 0.4) is 0 Å². The lowest BCUT2D eigenvalue weighted by Crippen LogP contribution is -2.16. The molecule has 0 spiro atoms. The van der Waals surface area contributed by atoms with Gasteiger partial charge >= 0.3 is 11.7 Å². The van der Waals surface area contributed by atoms with Gasteiger partial charge in [0.05, 0.1) is 23.1 Å². The maximum absolute atomic E-state index is 12.9. The third-order valence-electron chi connectivity index (χ3n) is 4.89. The van der Waals surface area contributed by atoms with Crippen LogP contribution in [0.2, 0.25) is 0 Å². The van der Waals surface area contributed by atoms with Gasteiger partial charge in [-0.2, -0.15) is 0 Å². The second-order valence-corrected chi connectivity index (χ2v) is 7.18. The standard InChI is InChI=1S/C24H22N2O7/c1-2-33-24(30)15-6-9-18(10-7-15)25-20(16-4-3-5-19(27)12-16)14-23(29)17-8-11-22(28)21(13-17)26(31)32/h3-13,20,25,27-28H,2,14H2,1H3. The molecule has 3 aromatic carbocycles. The van der Waals surface area contributed by atoms with Crippen LogP contribution in [-0.4, -0.2) is 33.5 Å². The van der Waals surface area contributed by atoms with Gasteiger partial charge in [0, 0.05) is 23.7 Å². The Morgan fingerprint density at radius 1 is 1.03 bits per heavy atom. The number of benzene rings is 3. The number of phenolic OH excluding ortho intramolecular Hbond substituents is 2. The summed E-state index contributed by atoms with van der Waals surface area (Å²) in [6, 6.07) is 15.8. The molecule has 0 aliphatic carbocycles. The van der Waals surface area contributed by atoms with Gasteiger partial charge in [0.1, 0.15) is 5.75 Å². The van der Waals surface area contributed by atoms with Crippen molar-refractivity contribution in [1.29, 1.82) is 0 Å². The van der Waals surface area contributed by atoms with Gasteiger partial charge in [-0.3, -0.25) is 14.9 Å². The molecular formula is C24H22N2O7. The highest BCUT2D eigenvalue weighted by Crippen LogP contribution is 2.30. The molecular weight excluding hydrogens is 428 g/mol. The van der Waals surface area contributed by atoms with Crippen molar-refractivity contribution in [2.45, 2.75) is 19.4 Å². The Bertz CT molecular complexity index is 1180. The second kappa shape index (κ2) is 10.3. The molecule has 0 heterocycles. The normalized spacial score (nSPS) is 11.4. The molecule has 9 heteroatoms. The van der Waals surface area contributed by atoms with Crippen molar-refractivity contribution in [2.24, 2.45) is 0 Å². The number of carbonyl (C=O) groups is 2. The van der Waals surface area contributed by atoms with Crippen molar-refractivity contribution in [1.82, 2.24) is 0 Å². The monoisotopic (exact) mass is 450 g/mol. The first kappa shape index (κ1) is 23.3. The SMILES string of the molecule is CCOC(=O)c1ccc(NC(CC(=O)c2ccc(O)c([N+](=O)[O-])c2)c2cccc(O)c2)cc1. The number of nitro groups is 1. The van der Waals surface area contributed by atoms with Crippen LogP contribution in [0.1, 0.15) is 45.7 Å². The number of ketones is 1. The summed E-state index contributed by atoms with van der Waals surface area (Å²) >= 11 is 0. The fraction of sp³-hybridized carbons (Fsp3) is 0.167. The molecule has 33 heavy (non-hydrogen) atoms. The van der Waals surface area contributed by atoms with Crippen molar-refractivity contribution in [3.05, 3.63) is 93.5 Å². The van der Waals surface area contributed by atoms with Crippen molar-refractivity contribution >= 4 is 23.1 Å². The molecule has 0 amide bonds. The first-order chi connectivity index (χ1) is 15.8. The predicted molar refractivity (Wildman–Crippen MR) is 121 cm³/mol. The van der Waals surface area contributed by atoms with Gasteiger partial charge in [0.15, 0.2) is 11.5 Å². The summed E-state index contributed by atoms with van der Waals surface area (Å²) in [5.74, 6) is -1.36. The topological polar surface area (TPSA) is 139 Å². The highest BCUT2D eigenvalue weighted by molar-refractivity contribution is 5.97. The zero-order valence-corrected chi connectivity index (χ0v) is 17.7. The Morgan fingerprint density at radius 3 is 2.36 bits per heavy atom. The number of phenols is 2. The van der Waals surface area contributed by atoms with Crippen molar-refractivity contribution in [3.8, 4) is 11.5 Å². The zero-order chi connectivity index (χ0) is 24.0. The molecule has 0 radical (unpaired) electrons. The van der Waals surface area contributed by atoms with Gasteiger partial charge in [0.25, 0.3) is 0 Å². The first-order valence-electron chi connectivity index (χ1n) is 10.1. The van der Waals surface area contributed by atoms with E-state index in [1.165, 1.54) is 18.2 Å². The fourth-order valence-electron chi connectivity index (χ4n) is 3.26. The van der Waals surface area contributed by atoms with E-state index < -0.39 is 34.2 Å². The molecule has 3 aromatic rings. The number of nitro benzene ring substituents is 1. The predicted octanol–water partition coefficient (Wildman–Crippen LogP) is 4.61. The summed E-state index contributed by atoms with van der Waals surface area (Å²) in [6.07, 6.45) is -0.0923. The summed E-state index contributed by atoms with van der Waals surface area (Å²) in [7, 11) is 0. The molecule has 0 aromatic heterocycles. The van der Waals surface area contributed by atoms with E-state index in [1.807, 2.05) is 0 Å². The van der Waals surface area contributed by atoms with Crippen LogP contribution in [0.5, 0.6) is 11.5 Å². The smallest absolute Gasteiger partial charge is 0.338 e. The lowest BCUT2D eigenvalue weighted by Gasteiger charge is -2.20. The van der Waals surface area contributed by atoms with E-state index in [2.05, 4.69) is 5.32 Å². The van der Waals surface area contributed by atoms with E-state index in [0.717, 1.165) is 12.1 Å². The van der Waals surface area contributed by atoms with Crippen LogP contribution in [0.4, 0.5) is 11.4 Å². The maximum atomic E-state index is 12.9. The van der Waals surface area contributed by atoms with Gasteiger partial charge < -0.3 is 20.3 Å². The molecule has 1 unspecified atom stereocenters. The molecule has 0 fully saturated rings. The minimum atomic E-state index is -0.762.